The molecule has 3 rings (SSSR count). The van der Waals surface area contributed by atoms with Crippen LogP contribution in [0.15, 0.2) is 29.2 Å². The maximum atomic E-state index is 12.5. The van der Waals surface area contributed by atoms with Gasteiger partial charge in [0.25, 0.3) is 0 Å². The predicted molar refractivity (Wildman–Crippen MR) is 96.1 cm³/mol. The number of nitrogens with one attached hydrogen (secondary N) is 1. The molecule has 6 nitrogen and oxygen atoms in total. The number of piperidine rings is 1. The van der Waals surface area contributed by atoms with Gasteiger partial charge in [-0.25, -0.2) is 13.1 Å². The number of amides is 1. The fourth-order valence-corrected chi connectivity index (χ4v) is 4.45. The highest BCUT2D eigenvalue weighted by molar-refractivity contribution is 7.89. The van der Waals surface area contributed by atoms with E-state index in [0.717, 1.165) is 38.0 Å². The summed E-state index contributed by atoms with van der Waals surface area (Å²) in [5.74, 6) is 0.102. The minimum Gasteiger partial charge on any atom is -0.312 e. The van der Waals surface area contributed by atoms with Gasteiger partial charge >= 0.3 is 0 Å². The van der Waals surface area contributed by atoms with Gasteiger partial charge in [-0.1, -0.05) is 0 Å². The Balaban J connectivity index is 0.00000208. The highest BCUT2D eigenvalue weighted by Gasteiger charge is 2.25. The summed E-state index contributed by atoms with van der Waals surface area (Å²) in [4.78, 5) is 15.9. The molecule has 2 heterocycles. The predicted octanol–water partition coefficient (Wildman–Crippen LogP) is 1.61. The largest absolute Gasteiger partial charge is 0.312 e. The van der Waals surface area contributed by atoms with Crippen LogP contribution in [0.4, 0.5) is 5.69 Å². The molecule has 0 radical (unpaired) electrons. The van der Waals surface area contributed by atoms with Gasteiger partial charge in [-0.15, -0.1) is 12.4 Å². The van der Waals surface area contributed by atoms with Crippen LogP contribution in [-0.4, -0.2) is 51.9 Å². The van der Waals surface area contributed by atoms with Crippen LogP contribution in [0.25, 0.3) is 0 Å². The second-order valence-electron chi connectivity index (χ2n) is 6.34. The van der Waals surface area contributed by atoms with Gasteiger partial charge in [-0.05, 0) is 63.7 Å². The Morgan fingerprint density at radius 3 is 2.25 bits per heavy atom. The first-order valence-electron chi connectivity index (χ1n) is 8.07. The monoisotopic (exact) mass is 373 g/mol. The molecule has 0 saturated carbocycles. The summed E-state index contributed by atoms with van der Waals surface area (Å²) in [6, 6.07) is 6.59. The summed E-state index contributed by atoms with van der Waals surface area (Å²) >= 11 is 0. The minimum absolute atomic E-state index is 0. The molecule has 2 saturated heterocycles. The van der Waals surface area contributed by atoms with Crippen molar-refractivity contribution in [2.45, 2.75) is 36.6 Å². The number of benzene rings is 1. The van der Waals surface area contributed by atoms with Crippen LogP contribution < -0.4 is 9.62 Å². The van der Waals surface area contributed by atoms with Crippen LogP contribution in [0.5, 0.6) is 0 Å². The number of halogens is 1. The standard InChI is InChI=1S/C16H23N3O3S.ClH/c1-18-11-8-13(9-12-18)17-23(21,22)15-6-4-14(5-7-15)19-10-2-3-16(19)20;/h4-7,13,17H,2-3,8-12H2,1H3;1H. The Hall–Kier alpha value is -1.15. The van der Waals surface area contributed by atoms with Crippen molar-refractivity contribution in [2.24, 2.45) is 0 Å². The first-order valence-corrected chi connectivity index (χ1v) is 9.55. The topological polar surface area (TPSA) is 69.7 Å². The van der Waals surface area contributed by atoms with Crippen molar-refractivity contribution in [2.75, 3.05) is 31.6 Å². The molecular formula is C16H24ClN3O3S. The molecule has 2 aliphatic rings. The number of carbonyl (C=O) groups is 1. The number of sulfonamides is 1. The number of likely N-dealkylation sites (tertiary alicyclic amines) is 1. The zero-order valence-corrected chi connectivity index (χ0v) is 15.4. The number of rotatable bonds is 4. The highest BCUT2D eigenvalue weighted by atomic mass is 35.5. The molecule has 134 valence electrons. The van der Waals surface area contributed by atoms with E-state index in [9.17, 15) is 13.2 Å². The van der Waals surface area contributed by atoms with E-state index in [1.807, 2.05) is 7.05 Å². The average molecular weight is 374 g/mol. The smallest absolute Gasteiger partial charge is 0.240 e. The Bertz CT molecular complexity index is 670. The van der Waals surface area contributed by atoms with Crippen molar-refractivity contribution < 1.29 is 13.2 Å². The Labute approximate surface area is 149 Å². The summed E-state index contributed by atoms with van der Waals surface area (Å²) in [7, 11) is -1.46. The maximum Gasteiger partial charge on any atom is 0.240 e. The van der Waals surface area contributed by atoms with Gasteiger partial charge in [0.05, 0.1) is 4.90 Å². The number of hydrogen-bond acceptors (Lipinski definition) is 4. The summed E-state index contributed by atoms with van der Waals surface area (Å²) in [5.41, 5.74) is 0.769. The highest BCUT2D eigenvalue weighted by Crippen LogP contribution is 2.23. The fourth-order valence-electron chi connectivity index (χ4n) is 3.14. The number of nitrogens with zero attached hydrogens (tertiary/aromatic N) is 2. The van der Waals surface area contributed by atoms with E-state index < -0.39 is 10.0 Å². The summed E-state index contributed by atoms with van der Waals surface area (Å²) in [6.07, 6.45) is 3.08. The van der Waals surface area contributed by atoms with E-state index in [1.54, 1.807) is 29.2 Å². The lowest BCUT2D eigenvalue weighted by molar-refractivity contribution is -0.117. The Morgan fingerprint density at radius 1 is 1.08 bits per heavy atom. The van der Waals surface area contributed by atoms with E-state index in [0.29, 0.717) is 13.0 Å². The minimum atomic E-state index is -3.50. The second kappa shape index (κ2) is 7.82. The zero-order chi connectivity index (χ0) is 16.4. The molecule has 8 heteroatoms. The van der Waals surface area contributed by atoms with Gasteiger partial charge in [-0.3, -0.25) is 4.79 Å². The molecule has 0 spiro atoms. The zero-order valence-electron chi connectivity index (χ0n) is 13.8. The van der Waals surface area contributed by atoms with Crippen LogP contribution in [-0.2, 0) is 14.8 Å². The molecule has 1 amide bonds. The summed E-state index contributed by atoms with van der Waals surface area (Å²) in [5, 5.41) is 0. The molecule has 0 unspecified atom stereocenters. The third-order valence-corrected chi connectivity index (χ3v) is 6.11. The fraction of sp³-hybridized carbons (Fsp3) is 0.562. The van der Waals surface area contributed by atoms with Crippen LogP contribution in [0.3, 0.4) is 0 Å². The Morgan fingerprint density at radius 2 is 1.71 bits per heavy atom. The van der Waals surface area contributed by atoms with Crippen molar-refractivity contribution in [3.05, 3.63) is 24.3 Å². The molecule has 24 heavy (non-hydrogen) atoms. The third kappa shape index (κ3) is 4.27. The van der Waals surface area contributed by atoms with Gasteiger partial charge in [0.1, 0.15) is 0 Å². The quantitative estimate of drug-likeness (QED) is 0.870. The summed E-state index contributed by atoms with van der Waals surface area (Å²) in [6.45, 7) is 2.52. The first-order chi connectivity index (χ1) is 11.0. The van der Waals surface area contributed by atoms with Crippen molar-refractivity contribution in [1.82, 2.24) is 9.62 Å². The van der Waals surface area contributed by atoms with E-state index in [2.05, 4.69) is 9.62 Å². The van der Waals surface area contributed by atoms with Crippen LogP contribution in [0.2, 0.25) is 0 Å². The molecular weight excluding hydrogens is 350 g/mol. The van der Waals surface area contributed by atoms with E-state index in [4.69, 9.17) is 0 Å². The molecule has 1 N–H and O–H groups in total. The normalized spacial score (nSPS) is 20.2. The van der Waals surface area contributed by atoms with E-state index in [-0.39, 0.29) is 29.3 Å². The van der Waals surface area contributed by atoms with Gasteiger partial charge in [-0.2, -0.15) is 0 Å². The number of hydrogen-bond donors (Lipinski definition) is 1. The van der Waals surface area contributed by atoms with Gasteiger partial charge in [0, 0.05) is 24.7 Å². The molecule has 2 aliphatic heterocycles. The lowest BCUT2D eigenvalue weighted by atomic mass is 10.1. The van der Waals surface area contributed by atoms with Gasteiger partial charge < -0.3 is 9.80 Å². The lowest BCUT2D eigenvalue weighted by Gasteiger charge is -2.29. The van der Waals surface area contributed by atoms with Crippen molar-refractivity contribution >= 4 is 34.0 Å². The molecule has 0 atom stereocenters. The van der Waals surface area contributed by atoms with Crippen molar-refractivity contribution in [3.63, 3.8) is 0 Å². The SMILES string of the molecule is CN1CCC(NS(=O)(=O)c2ccc(N3CCCC3=O)cc2)CC1.Cl. The molecule has 1 aromatic carbocycles. The average Bonchev–Trinajstić information content (AvgIpc) is 2.96. The summed E-state index contributed by atoms with van der Waals surface area (Å²) < 4.78 is 27.7. The van der Waals surface area contributed by atoms with E-state index >= 15 is 0 Å². The molecule has 0 bridgehead atoms. The maximum absolute atomic E-state index is 12.5. The number of anilines is 1. The third-order valence-electron chi connectivity index (χ3n) is 4.57. The van der Waals surface area contributed by atoms with Crippen molar-refractivity contribution in [1.29, 1.82) is 0 Å². The van der Waals surface area contributed by atoms with Gasteiger partial charge in [0.15, 0.2) is 0 Å². The van der Waals surface area contributed by atoms with Crippen LogP contribution in [0, 0.1) is 0 Å². The van der Waals surface area contributed by atoms with Crippen LogP contribution in [0.1, 0.15) is 25.7 Å². The van der Waals surface area contributed by atoms with Gasteiger partial charge in [0.2, 0.25) is 15.9 Å². The molecule has 0 aliphatic carbocycles. The van der Waals surface area contributed by atoms with E-state index in [1.165, 1.54) is 0 Å². The lowest BCUT2D eigenvalue weighted by Crippen LogP contribution is -2.43. The molecule has 0 aromatic heterocycles. The molecule has 2 fully saturated rings. The number of carbonyl (C=O) groups excluding carboxylic acids is 1. The van der Waals surface area contributed by atoms with Crippen LogP contribution >= 0.6 is 12.4 Å². The second-order valence-corrected chi connectivity index (χ2v) is 8.06. The van der Waals surface area contributed by atoms with Crippen molar-refractivity contribution in [3.8, 4) is 0 Å². The Kier molecular flexibility index (Phi) is 6.25. The first kappa shape index (κ1) is 19.2. The molecule has 1 aromatic rings.